The van der Waals surface area contributed by atoms with E-state index in [1.165, 1.54) is 16.4 Å². The molecule has 34 heavy (non-hydrogen) atoms. The van der Waals surface area contributed by atoms with Crippen molar-refractivity contribution in [2.24, 2.45) is 5.92 Å². The van der Waals surface area contributed by atoms with Gasteiger partial charge >= 0.3 is 0 Å². The summed E-state index contributed by atoms with van der Waals surface area (Å²) in [5.74, 6) is 0.00552. The van der Waals surface area contributed by atoms with Crippen LogP contribution in [0.2, 0.25) is 0 Å². The molecule has 184 valence electrons. The third-order valence-electron chi connectivity index (χ3n) is 5.63. The standard InChI is InChI=1S/C22H28N4O7S/c1-16-3-5-19(26(28)29)13-20(16)34(30,31)25-9-7-18(8-10-25)22(27)24-15-17-4-6-21(23-14-17)33-12-11-32-2/h3-6,13-14,18H,7-12,15H2,1-2H3,(H,24,27). The zero-order chi connectivity index (χ0) is 24.7. The Balaban J connectivity index is 1.53. The fourth-order valence-corrected chi connectivity index (χ4v) is 5.36. The van der Waals surface area contributed by atoms with Gasteiger partial charge in [0, 0.05) is 57.1 Å². The maximum atomic E-state index is 13.1. The van der Waals surface area contributed by atoms with Gasteiger partial charge in [0.25, 0.3) is 5.69 Å². The van der Waals surface area contributed by atoms with Gasteiger partial charge in [0.1, 0.15) is 6.61 Å². The third-order valence-corrected chi connectivity index (χ3v) is 7.67. The van der Waals surface area contributed by atoms with Gasteiger partial charge in [-0.2, -0.15) is 4.31 Å². The van der Waals surface area contributed by atoms with Gasteiger partial charge in [-0.15, -0.1) is 0 Å². The lowest BCUT2D eigenvalue weighted by molar-refractivity contribution is -0.385. The number of carbonyl (C=O) groups is 1. The van der Waals surface area contributed by atoms with Crippen LogP contribution in [-0.4, -0.2) is 62.0 Å². The molecule has 0 unspecified atom stereocenters. The minimum atomic E-state index is -3.90. The van der Waals surface area contributed by atoms with Crippen LogP contribution in [-0.2, 0) is 26.1 Å². The highest BCUT2D eigenvalue weighted by atomic mass is 32.2. The number of hydrogen-bond acceptors (Lipinski definition) is 8. The molecule has 1 aliphatic heterocycles. The number of ether oxygens (including phenoxy) is 2. The van der Waals surface area contributed by atoms with E-state index >= 15 is 0 Å². The summed E-state index contributed by atoms with van der Waals surface area (Å²) in [5.41, 5.74) is 0.977. The van der Waals surface area contributed by atoms with E-state index in [0.29, 0.717) is 44.0 Å². The number of nitrogens with one attached hydrogen (secondary N) is 1. The molecule has 11 nitrogen and oxygen atoms in total. The summed E-state index contributed by atoms with van der Waals surface area (Å²) in [6, 6.07) is 7.33. The van der Waals surface area contributed by atoms with Gasteiger partial charge < -0.3 is 14.8 Å². The first-order valence-electron chi connectivity index (χ1n) is 10.8. The number of pyridine rings is 1. The number of nitrogens with zero attached hydrogens (tertiary/aromatic N) is 3. The van der Waals surface area contributed by atoms with Crippen molar-refractivity contribution in [3.05, 3.63) is 57.8 Å². The topological polar surface area (TPSA) is 141 Å². The summed E-state index contributed by atoms with van der Waals surface area (Å²) < 4.78 is 37.7. The first kappa shape index (κ1) is 25.5. The second-order valence-corrected chi connectivity index (χ2v) is 9.86. The molecule has 1 N–H and O–H groups in total. The molecule has 3 rings (SSSR count). The molecule has 0 atom stereocenters. The summed E-state index contributed by atoms with van der Waals surface area (Å²) >= 11 is 0. The number of aryl methyl sites for hydroxylation is 1. The molecule has 0 saturated carbocycles. The Morgan fingerprint density at radius 3 is 2.59 bits per heavy atom. The molecular formula is C22H28N4O7S. The van der Waals surface area contributed by atoms with Crippen molar-refractivity contribution in [3.8, 4) is 5.88 Å². The smallest absolute Gasteiger partial charge is 0.270 e. The van der Waals surface area contributed by atoms with Gasteiger partial charge in [-0.05, 0) is 30.9 Å². The minimum absolute atomic E-state index is 0.0771. The molecule has 1 saturated heterocycles. The van der Waals surface area contributed by atoms with Crippen LogP contribution in [0.15, 0.2) is 41.4 Å². The van der Waals surface area contributed by atoms with Crippen molar-refractivity contribution < 1.29 is 27.6 Å². The highest BCUT2D eigenvalue weighted by Gasteiger charge is 2.33. The van der Waals surface area contributed by atoms with Crippen molar-refractivity contribution in [2.45, 2.75) is 31.2 Å². The van der Waals surface area contributed by atoms with E-state index in [0.717, 1.165) is 11.6 Å². The van der Waals surface area contributed by atoms with E-state index < -0.39 is 14.9 Å². The summed E-state index contributed by atoms with van der Waals surface area (Å²) in [7, 11) is -2.31. The normalized spacial score (nSPS) is 15.1. The van der Waals surface area contributed by atoms with Gasteiger partial charge in [-0.25, -0.2) is 13.4 Å². The Kier molecular flexibility index (Phi) is 8.53. The number of aromatic nitrogens is 1. The van der Waals surface area contributed by atoms with Gasteiger partial charge in [-0.1, -0.05) is 12.1 Å². The van der Waals surface area contributed by atoms with Crippen LogP contribution in [0, 0.1) is 23.0 Å². The predicted octanol–water partition coefficient (Wildman–Crippen LogP) is 2.04. The number of non-ortho nitro benzene ring substituents is 1. The van der Waals surface area contributed by atoms with E-state index in [-0.39, 0.29) is 35.5 Å². The molecular weight excluding hydrogens is 464 g/mol. The zero-order valence-electron chi connectivity index (χ0n) is 19.1. The average Bonchev–Trinajstić information content (AvgIpc) is 2.83. The molecule has 0 radical (unpaired) electrons. The summed E-state index contributed by atoms with van der Waals surface area (Å²) in [6.45, 7) is 3.09. The Morgan fingerprint density at radius 2 is 1.97 bits per heavy atom. The first-order chi connectivity index (χ1) is 16.2. The lowest BCUT2D eigenvalue weighted by Crippen LogP contribution is -2.43. The van der Waals surface area contributed by atoms with E-state index in [1.54, 1.807) is 26.3 Å². The molecule has 1 aromatic carbocycles. The molecule has 12 heteroatoms. The van der Waals surface area contributed by atoms with Crippen LogP contribution < -0.4 is 10.1 Å². The molecule has 2 heterocycles. The molecule has 1 aromatic heterocycles. The number of amides is 1. The Hall–Kier alpha value is -3.09. The molecule has 1 amide bonds. The number of hydrogen-bond donors (Lipinski definition) is 1. The lowest BCUT2D eigenvalue weighted by atomic mass is 9.97. The number of nitro benzene ring substituents is 1. The summed E-state index contributed by atoms with van der Waals surface area (Å²) in [5, 5.41) is 13.9. The van der Waals surface area contributed by atoms with Crippen LogP contribution in [0.1, 0.15) is 24.0 Å². The van der Waals surface area contributed by atoms with Crippen molar-refractivity contribution in [3.63, 3.8) is 0 Å². The minimum Gasteiger partial charge on any atom is -0.475 e. The van der Waals surface area contributed by atoms with Crippen LogP contribution in [0.4, 0.5) is 5.69 Å². The van der Waals surface area contributed by atoms with Crippen LogP contribution in [0.25, 0.3) is 0 Å². The first-order valence-corrected chi connectivity index (χ1v) is 12.3. The zero-order valence-corrected chi connectivity index (χ0v) is 19.9. The average molecular weight is 493 g/mol. The third kappa shape index (κ3) is 6.27. The van der Waals surface area contributed by atoms with Crippen molar-refractivity contribution in [1.29, 1.82) is 0 Å². The second-order valence-electron chi connectivity index (χ2n) is 7.95. The molecule has 0 bridgehead atoms. The number of rotatable bonds is 10. The van der Waals surface area contributed by atoms with Gasteiger partial charge in [0.2, 0.25) is 21.8 Å². The molecule has 2 aromatic rings. The lowest BCUT2D eigenvalue weighted by Gasteiger charge is -2.30. The summed E-state index contributed by atoms with van der Waals surface area (Å²) in [4.78, 5) is 27.1. The van der Waals surface area contributed by atoms with E-state index in [1.807, 2.05) is 6.07 Å². The van der Waals surface area contributed by atoms with Crippen LogP contribution in [0.5, 0.6) is 5.88 Å². The van der Waals surface area contributed by atoms with Crippen molar-refractivity contribution in [2.75, 3.05) is 33.4 Å². The fraction of sp³-hybridized carbons (Fsp3) is 0.455. The van der Waals surface area contributed by atoms with E-state index in [4.69, 9.17) is 9.47 Å². The largest absolute Gasteiger partial charge is 0.475 e. The molecule has 0 spiro atoms. The quantitative estimate of drug-likeness (QED) is 0.302. The fourth-order valence-electron chi connectivity index (χ4n) is 3.64. The SMILES string of the molecule is COCCOc1ccc(CNC(=O)C2CCN(S(=O)(=O)c3cc([N+](=O)[O-])ccc3C)CC2)cn1. The maximum absolute atomic E-state index is 13.1. The highest BCUT2D eigenvalue weighted by Crippen LogP contribution is 2.28. The summed E-state index contributed by atoms with van der Waals surface area (Å²) in [6.07, 6.45) is 2.35. The molecule has 1 aliphatic rings. The predicted molar refractivity (Wildman–Crippen MR) is 123 cm³/mol. The Morgan fingerprint density at radius 1 is 1.24 bits per heavy atom. The van der Waals surface area contributed by atoms with Gasteiger partial charge in [0.05, 0.1) is 16.4 Å². The van der Waals surface area contributed by atoms with Crippen molar-refractivity contribution in [1.82, 2.24) is 14.6 Å². The Bertz CT molecular complexity index is 1110. The molecule has 0 aliphatic carbocycles. The number of carbonyl (C=O) groups excluding carboxylic acids is 1. The van der Waals surface area contributed by atoms with Gasteiger partial charge in [-0.3, -0.25) is 14.9 Å². The Labute approximate surface area is 198 Å². The van der Waals surface area contributed by atoms with Gasteiger partial charge in [0.15, 0.2) is 0 Å². The van der Waals surface area contributed by atoms with E-state index in [9.17, 15) is 23.3 Å². The number of methoxy groups -OCH3 is 1. The number of piperidine rings is 1. The van der Waals surface area contributed by atoms with Crippen LogP contribution >= 0.6 is 0 Å². The highest BCUT2D eigenvalue weighted by molar-refractivity contribution is 7.89. The van der Waals surface area contributed by atoms with Crippen molar-refractivity contribution >= 4 is 21.6 Å². The maximum Gasteiger partial charge on any atom is 0.270 e. The van der Waals surface area contributed by atoms with E-state index in [2.05, 4.69) is 10.3 Å². The number of benzene rings is 1. The monoisotopic (exact) mass is 492 g/mol. The number of nitro groups is 1. The molecule has 1 fully saturated rings. The van der Waals surface area contributed by atoms with Crippen LogP contribution in [0.3, 0.4) is 0 Å². The second kappa shape index (κ2) is 11.4. The number of sulfonamides is 1.